The summed E-state index contributed by atoms with van der Waals surface area (Å²) in [4.78, 5) is 32.0. The molecule has 0 aliphatic carbocycles. The zero-order chi connectivity index (χ0) is 25.4. The number of nitrogens with one attached hydrogen (secondary N) is 1. The number of piperidine rings is 1. The maximum absolute atomic E-state index is 13.4. The van der Waals surface area contributed by atoms with Gasteiger partial charge < -0.3 is 15.1 Å². The molecule has 2 saturated heterocycles. The van der Waals surface area contributed by atoms with E-state index in [1.807, 2.05) is 4.90 Å². The highest BCUT2D eigenvalue weighted by Crippen LogP contribution is 2.38. The van der Waals surface area contributed by atoms with Crippen molar-refractivity contribution >= 4 is 38.2 Å². The molecule has 0 saturated carbocycles. The largest absolute Gasteiger partial charge is 0.339 e. The van der Waals surface area contributed by atoms with E-state index < -0.39 is 10.0 Å². The number of benzene rings is 1. The number of anilines is 1. The Morgan fingerprint density at radius 2 is 1.75 bits per heavy atom. The first-order valence-electron chi connectivity index (χ1n) is 12.8. The first kappa shape index (κ1) is 25.4. The summed E-state index contributed by atoms with van der Waals surface area (Å²) < 4.78 is 27.7. The molecule has 2 fully saturated rings. The van der Waals surface area contributed by atoms with Crippen LogP contribution in [0.5, 0.6) is 0 Å². The molecule has 194 valence electrons. The Labute approximate surface area is 217 Å². The average Bonchev–Trinajstić information content (AvgIpc) is 3.51. The number of hydrogen-bond donors (Lipinski definition) is 1. The molecule has 8 nitrogen and oxygen atoms in total. The summed E-state index contributed by atoms with van der Waals surface area (Å²) in [7, 11) is -1.52. The van der Waals surface area contributed by atoms with Crippen molar-refractivity contribution in [1.29, 1.82) is 0 Å². The topological polar surface area (TPSA) is 90.0 Å². The van der Waals surface area contributed by atoms with E-state index in [4.69, 9.17) is 0 Å². The lowest BCUT2D eigenvalue weighted by Crippen LogP contribution is -2.39. The molecular weight excluding hydrogens is 496 g/mol. The van der Waals surface area contributed by atoms with E-state index in [1.54, 1.807) is 16.4 Å². The van der Waals surface area contributed by atoms with Gasteiger partial charge in [0.25, 0.3) is 11.8 Å². The summed E-state index contributed by atoms with van der Waals surface area (Å²) in [6.07, 6.45) is 4.70. The molecule has 0 radical (unpaired) electrons. The molecule has 5 rings (SSSR count). The van der Waals surface area contributed by atoms with Crippen molar-refractivity contribution in [2.75, 3.05) is 45.1 Å². The summed E-state index contributed by atoms with van der Waals surface area (Å²) in [5, 5.41) is 3.58. The van der Waals surface area contributed by atoms with Gasteiger partial charge in [-0.25, -0.2) is 8.42 Å². The first-order chi connectivity index (χ1) is 17.2. The summed E-state index contributed by atoms with van der Waals surface area (Å²) in [5.41, 5.74) is 2.06. The zero-order valence-electron chi connectivity index (χ0n) is 21.0. The third-order valence-corrected chi connectivity index (χ3v) is 10.5. The number of nitrogens with zero attached hydrogens (tertiary/aromatic N) is 3. The molecule has 1 atom stereocenters. The number of amides is 2. The second kappa shape index (κ2) is 10.2. The van der Waals surface area contributed by atoms with Crippen molar-refractivity contribution in [3.8, 4) is 0 Å². The predicted molar refractivity (Wildman–Crippen MR) is 141 cm³/mol. The van der Waals surface area contributed by atoms with Gasteiger partial charge in [-0.3, -0.25) is 9.59 Å². The summed E-state index contributed by atoms with van der Waals surface area (Å²) >= 11 is 1.48. The van der Waals surface area contributed by atoms with Crippen molar-refractivity contribution < 1.29 is 18.0 Å². The summed E-state index contributed by atoms with van der Waals surface area (Å²) in [6.45, 7) is 6.27. The number of likely N-dealkylation sites (tertiary alicyclic amines) is 1. The van der Waals surface area contributed by atoms with E-state index in [-0.39, 0.29) is 16.7 Å². The van der Waals surface area contributed by atoms with Gasteiger partial charge in [0, 0.05) is 49.7 Å². The van der Waals surface area contributed by atoms with Crippen LogP contribution in [0.2, 0.25) is 0 Å². The highest BCUT2D eigenvalue weighted by atomic mass is 32.2. The Balaban J connectivity index is 1.37. The van der Waals surface area contributed by atoms with Crippen LogP contribution in [0.1, 0.15) is 63.8 Å². The van der Waals surface area contributed by atoms with Crippen LogP contribution in [0.3, 0.4) is 0 Å². The number of likely N-dealkylation sites (N-methyl/N-ethyl adjacent to an activating group) is 1. The Bertz CT molecular complexity index is 1250. The van der Waals surface area contributed by atoms with Crippen LogP contribution in [-0.4, -0.2) is 74.1 Å². The number of fused-ring (bicyclic) bond motifs is 1. The fourth-order valence-electron chi connectivity index (χ4n) is 5.39. The second-order valence-electron chi connectivity index (χ2n) is 10.3. The molecule has 36 heavy (non-hydrogen) atoms. The van der Waals surface area contributed by atoms with Crippen LogP contribution >= 0.6 is 11.3 Å². The highest BCUT2D eigenvalue weighted by Gasteiger charge is 2.32. The molecule has 3 aliphatic rings. The third kappa shape index (κ3) is 4.96. The van der Waals surface area contributed by atoms with Gasteiger partial charge in [0.2, 0.25) is 10.0 Å². The van der Waals surface area contributed by atoms with Gasteiger partial charge in [-0.05, 0) is 74.9 Å². The first-order valence-corrected chi connectivity index (χ1v) is 15.0. The molecule has 1 aromatic carbocycles. The predicted octanol–water partition coefficient (Wildman–Crippen LogP) is 3.64. The van der Waals surface area contributed by atoms with Crippen LogP contribution in [-0.2, 0) is 23.0 Å². The Morgan fingerprint density at radius 3 is 2.44 bits per heavy atom. The minimum absolute atomic E-state index is 0.00190. The van der Waals surface area contributed by atoms with Crippen molar-refractivity contribution in [3.63, 3.8) is 0 Å². The molecule has 1 unspecified atom stereocenters. The minimum Gasteiger partial charge on any atom is -0.339 e. The van der Waals surface area contributed by atoms with Crippen molar-refractivity contribution in [1.82, 2.24) is 14.1 Å². The molecule has 3 aliphatic heterocycles. The lowest BCUT2D eigenvalue weighted by Gasteiger charge is -2.30. The molecule has 1 N–H and O–H groups in total. The van der Waals surface area contributed by atoms with Crippen molar-refractivity contribution in [2.24, 2.45) is 5.92 Å². The summed E-state index contributed by atoms with van der Waals surface area (Å²) in [5.74, 6) is 0.00229. The van der Waals surface area contributed by atoms with E-state index in [1.165, 1.54) is 23.5 Å². The van der Waals surface area contributed by atoms with E-state index >= 15 is 0 Å². The van der Waals surface area contributed by atoms with Crippen LogP contribution in [0, 0.1) is 5.92 Å². The van der Waals surface area contributed by atoms with Crippen molar-refractivity contribution in [3.05, 3.63) is 45.8 Å². The van der Waals surface area contributed by atoms with Crippen LogP contribution in [0.25, 0.3) is 0 Å². The van der Waals surface area contributed by atoms with E-state index in [9.17, 15) is 18.0 Å². The van der Waals surface area contributed by atoms with Gasteiger partial charge in [0.1, 0.15) is 5.00 Å². The fraction of sp³-hybridized carbons (Fsp3) is 0.538. The molecule has 0 bridgehead atoms. The van der Waals surface area contributed by atoms with Crippen LogP contribution < -0.4 is 5.32 Å². The molecular formula is C26H34N4O4S2. The molecule has 4 heterocycles. The van der Waals surface area contributed by atoms with Gasteiger partial charge in [0.05, 0.1) is 10.5 Å². The van der Waals surface area contributed by atoms with Gasteiger partial charge in [-0.1, -0.05) is 6.92 Å². The Kier molecular flexibility index (Phi) is 7.22. The quantitative estimate of drug-likeness (QED) is 0.638. The molecule has 2 aromatic rings. The standard InChI is InChI=1S/C26H34N4O4S2/c1-18-6-5-14-30(16-18)36(33,34)20-9-7-19(8-10-20)24(31)27-25-23(26(32)29-12-3-4-13-29)21-11-15-28(2)17-22(21)35-25/h7-10,18H,3-6,11-17H2,1-2H3,(H,27,31). The van der Waals surface area contributed by atoms with E-state index in [0.717, 1.165) is 68.7 Å². The van der Waals surface area contributed by atoms with Gasteiger partial charge >= 0.3 is 0 Å². The van der Waals surface area contributed by atoms with Gasteiger partial charge in [-0.15, -0.1) is 11.3 Å². The fourth-order valence-corrected chi connectivity index (χ4v) is 8.30. The zero-order valence-corrected chi connectivity index (χ0v) is 22.6. The van der Waals surface area contributed by atoms with Crippen molar-refractivity contribution in [2.45, 2.75) is 50.5 Å². The lowest BCUT2D eigenvalue weighted by atomic mass is 10.0. The third-order valence-electron chi connectivity index (χ3n) is 7.46. The maximum atomic E-state index is 13.4. The molecule has 0 spiro atoms. The van der Waals surface area contributed by atoms with E-state index in [2.05, 4.69) is 24.2 Å². The number of hydrogen-bond acceptors (Lipinski definition) is 6. The lowest BCUT2D eigenvalue weighted by molar-refractivity contribution is 0.0792. The SMILES string of the molecule is CC1CCCN(S(=O)(=O)c2ccc(C(=O)Nc3sc4c(c3C(=O)N3CCCC3)CCN(C)C4)cc2)C1. The summed E-state index contributed by atoms with van der Waals surface area (Å²) in [6, 6.07) is 6.13. The number of thiophene rings is 1. The maximum Gasteiger partial charge on any atom is 0.257 e. The van der Waals surface area contributed by atoms with Crippen LogP contribution in [0.15, 0.2) is 29.2 Å². The monoisotopic (exact) mass is 530 g/mol. The number of rotatable bonds is 5. The Hall–Kier alpha value is -2.27. The molecule has 2 amide bonds. The number of carbonyl (C=O) groups excluding carboxylic acids is 2. The molecule has 10 heteroatoms. The average molecular weight is 531 g/mol. The smallest absolute Gasteiger partial charge is 0.257 e. The minimum atomic E-state index is -3.58. The number of sulfonamides is 1. The Morgan fingerprint density at radius 1 is 1.03 bits per heavy atom. The molecule has 1 aromatic heterocycles. The van der Waals surface area contributed by atoms with Gasteiger partial charge in [0.15, 0.2) is 0 Å². The normalized spacial score (nSPS) is 21.4. The highest BCUT2D eigenvalue weighted by molar-refractivity contribution is 7.89. The van der Waals surface area contributed by atoms with Gasteiger partial charge in [-0.2, -0.15) is 4.31 Å². The van der Waals surface area contributed by atoms with Crippen LogP contribution in [0.4, 0.5) is 5.00 Å². The van der Waals surface area contributed by atoms with E-state index in [0.29, 0.717) is 35.1 Å². The second-order valence-corrected chi connectivity index (χ2v) is 13.3. The number of carbonyl (C=O) groups is 2.